The molecule has 0 bridgehead atoms. The number of anilines is 1. The van der Waals surface area contributed by atoms with E-state index in [1.807, 2.05) is 31.2 Å². The van der Waals surface area contributed by atoms with Gasteiger partial charge >= 0.3 is 0 Å². The Balaban J connectivity index is 1.71. The Kier molecular flexibility index (Phi) is 5.24. The summed E-state index contributed by atoms with van der Waals surface area (Å²) in [6, 6.07) is 7.71. The minimum absolute atomic E-state index is 0.00326. The van der Waals surface area contributed by atoms with E-state index in [9.17, 15) is 14.7 Å². The Bertz CT molecular complexity index is 994. The van der Waals surface area contributed by atoms with Crippen LogP contribution in [-0.2, 0) is 0 Å². The summed E-state index contributed by atoms with van der Waals surface area (Å²) in [5.41, 5.74) is 3.31. The van der Waals surface area contributed by atoms with Gasteiger partial charge in [0.1, 0.15) is 5.82 Å². The van der Waals surface area contributed by atoms with Crippen molar-refractivity contribution in [2.24, 2.45) is 0 Å². The van der Waals surface area contributed by atoms with E-state index in [-0.39, 0.29) is 24.0 Å². The molecule has 0 atom stereocenters. The minimum Gasteiger partial charge on any atom is -0.394 e. The average molecular weight is 409 g/mol. The highest BCUT2D eigenvalue weighted by atomic mass is 16.3. The molecule has 4 rings (SSSR count). The van der Waals surface area contributed by atoms with Crippen LogP contribution in [0.25, 0.3) is 11.1 Å². The molecule has 3 N–H and O–H groups in total. The summed E-state index contributed by atoms with van der Waals surface area (Å²) in [5, 5.41) is 15.9. The molecule has 158 valence electrons. The van der Waals surface area contributed by atoms with E-state index in [4.69, 9.17) is 0 Å². The molecule has 2 amide bonds. The summed E-state index contributed by atoms with van der Waals surface area (Å²) in [6.07, 6.45) is 5.48. The first-order chi connectivity index (χ1) is 14.3. The van der Waals surface area contributed by atoms with Crippen LogP contribution in [0.1, 0.15) is 52.0 Å². The predicted octanol–water partition coefficient (Wildman–Crippen LogP) is 2.59. The molecule has 7 heteroatoms. The van der Waals surface area contributed by atoms with E-state index in [0.29, 0.717) is 23.0 Å². The summed E-state index contributed by atoms with van der Waals surface area (Å²) < 4.78 is 0. The fourth-order valence-corrected chi connectivity index (χ4v) is 3.41. The molecule has 1 heterocycles. The van der Waals surface area contributed by atoms with Crippen LogP contribution in [-0.4, -0.2) is 59.1 Å². The number of carbonyl (C=O) groups is 2. The smallest absolute Gasteiger partial charge is 0.257 e. The highest BCUT2D eigenvalue weighted by Gasteiger charge is 2.43. The zero-order chi connectivity index (χ0) is 21.5. The van der Waals surface area contributed by atoms with Gasteiger partial charge in [-0.05, 0) is 61.9 Å². The van der Waals surface area contributed by atoms with Gasteiger partial charge in [-0.25, -0.2) is 4.98 Å². The van der Waals surface area contributed by atoms with E-state index in [2.05, 4.69) is 15.6 Å². The molecule has 0 unspecified atom stereocenters. The molecular formula is C23H28N4O3. The number of pyridine rings is 1. The highest BCUT2D eigenvalue weighted by Crippen LogP contribution is 2.39. The van der Waals surface area contributed by atoms with Gasteiger partial charge < -0.3 is 20.6 Å². The van der Waals surface area contributed by atoms with Crippen LogP contribution in [0, 0.1) is 6.92 Å². The van der Waals surface area contributed by atoms with E-state index in [0.717, 1.165) is 42.4 Å². The van der Waals surface area contributed by atoms with Gasteiger partial charge in [0.05, 0.1) is 17.7 Å². The number of aliphatic hydroxyl groups is 1. The number of amides is 2. The molecule has 1 aromatic heterocycles. The van der Waals surface area contributed by atoms with Crippen molar-refractivity contribution in [1.29, 1.82) is 0 Å². The molecule has 0 aliphatic heterocycles. The third kappa shape index (κ3) is 4.16. The Morgan fingerprint density at radius 2 is 1.97 bits per heavy atom. The molecule has 2 aliphatic carbocycles. The lowest BCUT2D eigenvalue weighted by Crippen LogP contribution is -2.29. The quantitative estimate of drug-likeness (QED) is 0.655. The lowest BCUT2D eigenvalue weighted by Gasteiger charge is -2.20. The SMILES string of the molecule is Cc1ccc(C(=O)NC2CC2)cc1-c1cnc(NC2(CO)CC2)c(C(=O)N(C)C)c1. The molecule has 30 heavy (non-hydrogen) atoms. The molecular weight excluding hydrogens is 380 g/mol. The fourth-order valence-electron chi connectivity index (χ4n) is 3.41. The van der Waals surface area contributed by atoms with Crippen LogP contribution in [0.5, 0.6) is 0 Å². The topological polar surface area (TPSA) is 94.6 Å². The van der Waals surface area contributed by atoms with Gasteiger partial charge in [0.2, 0.25) is 0 Å². The third-order valence-electron chi connectivity index (χ3n) is 5.79. The van der Waals surface area contributed by atoms with Crippen molar-refractivity contribution in [1.82, 2.24) is 15.2 Å². The van der Waals surface area contributed by atoms with Crippen molar-refractivity contribution >= 4 is 17.6 Å². The predicted molar refractivity (Wildman–Crippen MR) is 116 cm³/mol. The summed E-state index contributed by atoms with van der Waals surface area (Å²) in [5.74, 6) is 0.235. The fraction of sp³-hybridized carbons (Fsp3) is 0.435. The molecule has 2 saturated carbocycles. The van der Waals surface area contributed by atoms with E-state index in [1.54, 1.807) is 20.3 Å². The molecule has 0 saturated heterocycles. The summed E-state index contributed by atoms with van der Waals surface area (Å²) in [4.78, 5) is 31.4. The maximum atomic E-state index is 12.9. The average Bonchev–Trinajstić information content (AvgIpc) is 3.66. The number of nitrogens with one attached hydrogen (secondary N) is 2. The van der Waals surface area contributed by atoms with Gasteiger partial charge in [-0.1, -0.05) is 6.07 Å². The van der Waals surface area contributed by atoms with Crippen LogP contribution >= 0.6 is 0 Å². The first kappa shape index (κ1) is 20.3. The van der Waals surface area contributed by atoms with Crippen LogP contribution in [0.3, 0.4) is 0 Å². The van der Waals surface area contributed by atoms with E-state index in [1.165, 1.54) is 4.90 Å². The van der Waals surface area contributed by atoms with Gasteiger partial charge in [0.25, 0.3) is 11.8 Å². The van der Waals surface area contributed by atoms with Crippen molar-refractivity contribution in [3.8, 4) is 11.1 Å². The third-order valence-corrected chi connectivity index (χ3v) is 5.79. The number of aryl methyl sites for hydroxylation is 1. The van der Waals surface area contributed by atoms with E-state index < -0.39 is 0 Å². The minimum atomic E-state index is -0.382. The lowest BCUT2D eigenvalue weighted by atomic mass is 9.97. The normalized spacial score (nSPS) is 16.7. The van der Waals surface area contributed by atoms with Gasteiger partial charge in [-0.2, -0.15) is 0 Å². The number of hydrogen-bond acceptors (Lipinski definition) is 5. The maximum absolute atomic E-state index is 12.9. The summed E-state index contributed by atoms with van der Waals surface area (Å²) in [6.45, 7) is 1.98. The number of rotatable bonds is 7. The Morgan fingerprint density at radius 1 is 1.23 bits per heavy atom. The zero-order valence-electron chi connectivity index (χ0n) is 17.7. The van der Waals surface area contributed by atoms with Crippen molar-refractivity contribution in [2.75, 3.05) is 26.0 Å². The molecule has 2 aliphatic rings. The first-order valence-electron chi connectivity index (χ1n) is 10.3. The Morgan fingerprint density at radius 3 is 2.57 bits per heavy atom. The standard InChI is InChI=1S/C23H28N4O3/c1-14-4-5-15(21(29)25-17-6-7-17)10-18(14)16-11-19(22(30)27(2)3)20(24-12-16)26-23(13-28)8-9-23/h4-5,10-12,17,28H,6-9,13H2,1-3H3,(H,24,26)(H,25,29). The summed E-state index contributed by atoms with van der Waals surface area (Å²) >= 11 is 0. The number of hydrogen-bond donors (Lipinski definition) is 3. The Hall–Kier alpha value is -2.93. The Labute approximate surface area is 176 Å². The number of benzene rings is 1. The van der Waals surface area contributed by atoms with Gasteiger partial charge in [0.15, 0.2) is 0 Å². The molecule has 1 aromatic carbocycles. The van der Waals surface area contributed by atoms with Gasteiger partial charge in [-0.3, -0.25) is 9.59 Å². The first-order valence-corrected chi connectivity index (χ1v) is 10.3. The van der Waals surface area contributed by atoms with Crippen LogP contribution < -0.4 is 10.6 Å². The second kappa shape index (κ2) is 7.72. The largest absolute Gasteiger partial charge is 0.394 e. The summed E-state index contributed by atoms with van der Waals surface area (Å²) in [7, 11) is 3.40. The van der Waals surface area contributed by atoms with Crippen molar-refractivity contribution < 1.29 is 14.7 Å². The maximum Gasteiger partial charge on any atom is 0.257 e. The van der Waals surface area contributed by atoms with Crippen molar-refractivity contribution in [2.45, 2.75) is 44.2 Å². The van der Waals surface area contributed by atoms with Gasteiger partial charge in [-0.15, -0.1) is 0 Å². The monoisotopic (exact) mass is 408 g/mol. The molecule has 0 spiro atoms. The van der Waals surface area contributed by atoms with Crippen LogP contribution in [0.15, 0.2) is 30.5 Å². The molecule has 0 radical (unpaired) electrons. The van der Waals surface area contributed by atoms with Crippen LogP contribution in [0.2, 0.25) is 0 Å². The lowest BCUT2D eigenvalue weighted by molar-refractivity contribution is 0.0827. The van der Waals surface area contributed by atoms with Gasteiger partial charge in [0, 0.05) is 37.5 Å². The zero-order valence-corrected chi connectivity index (χ0v) is 17.7. The van der Waals surface area contributed by atoms with Crippen molar-refractivity contribution in [3.05, 3.63) is 47.2 Å². The molecule has 2 fully saturated rings. The second-order valence-electron chi connectivity index (χ2n) is 8.66. The molecule has 2 aromatic rings. The van der Waals surface area contributed by atoms with E-state index >= 15 is 0 Å². The number of carbonyl (C=O) groups excluding carboxylic acids is 2. The number of aliphatic hydroxyl groups excluding tert-OH is 1. The molecule has 7 nitrogen and oxygen atoms in total. The highest BCUT2D eigenvalue weighted by molar-refractivity contribution is 6.00. The second-order valence-corrected chi connectivity index (χ2v) is 8.66. The number of aromatic nitrogens is 1. The van der Waals surface area contributed by atoms with Crippen molar-refractivity contribution in [3.63, 3.8) is 0 Å². The van der Waals surface area contributed by atoms with Crippen LogP contribution in [0.4, 0.5) is 5.82 Å². The number of nitrogens with zero attached hydrogens (tertiary/aromatic N) is 2.